The molecule has 5 rings (SSSR count). The van der Waals surface area contributed by atoms with Gasteiger partial charge in [0.25, 0.3) is 0 Å². The SMILES string of the molecule is Cn1c(=O)oc2ccc(NC3[C@@H]4CCO[C@@H]4C34CCC4)cc21. The van der Waals surface area contributed by atoms with Crippen LogP contribution in [0.25, 0.3) is 11.1 Å². The third-order valence-electron chi connectivity index (χ3n) is 6.15. The minimum absolute atomic E-state index is 0.310. The number of fused-ring (bicyclic) bond motifs is 3. The van der Waals surface area contributed by atoms with Gasteiger partial charge < -0.3 is 14.5 Å². The average molecular weight is 300 g/mol. The molecule has 5 nitrogen and oxygen atoms in total. The lowest BCUT2D eigenvalue weighted by Gasteiger charge is -2.63. The fourth-order valence-electron chi connectivity index (χ4n) is 4.85. The minimum atomic E-state index is -0.310. The number of nitrogens with zero attached hydrogens (tertiary/aromatic N) is 1. The van der Waals surface area contributed by atoms with E-state index < -0.39 is 0 Å². The molecule has 2 aromatic rings. The van der Waals surface area contributed by atoms with Gasteiger partial charge in [-0.2, -0.15) is 0 Å². The zero-order valence-electron chi connectivity index (χ0n) is 12.7. The first-order valence-corrected chi connectivity index (χ1v) is 8.17. The van der Waals surface area contributed by atoms with Crippen LogP contribution in [0.1, 0.15) is 25.7 Å². The Morgan fingerprint density at radius 2 is 2.23 bits per heavy atom. The lowest BCUT2D eigenvalue weighted by Crippen LogP contribution is -2.68. The summed E-state index contributed by atoms with van der Waals surface area (Å²) in [5.74, 6) is 0.333. The summed E-state index contributed by atoms with van der Waals surface area (Å²) in [6.45, 7) is 0.907. The predicted octanol–water partition coefficient (Wildman–Crippen LogP) is 2.50. The highest BCUT2D eigenvalue weighted by Gasteiger charge is 2.66. The Hall–Kier alpha value is -1.75. The number of hydrogen-bond donors (Lipinski definition) is 1. The van der Waals surface area contributed by atoms with Gasteiger partial charge in [-0.3, -0.25) is 4.57 Å². The van der Waals surface area contributed by atoms with Crippen LogP contribution in [-0.4, -0.2) is 23.3 Å². The predicted molar refractivity (Wildman–Crippen MR) is 83.0 cm³/mol. The number of hydrogen-bond acceptors (Lipinski definition) is 4. The van der Waals surface area contributed by atoms with Crippen molar-refractivity contribution in [2.24, 2.45) is 18.4 Å². The second kappa shape index (κ2) is 4.16. The van der Waals surface area contributed by atoms with Crippen molar-refractivity contribution < 1.29 is 9.15 Å². The van der Waals surface area contributed by atoms with Gasteiger partial charge >= 0.3 is 5.76 Å². The lowest BCUT2D eigenvalue weighted by molar-refractivity contribution is -0.158. The molecule has 1 spiro atoms. The number of anilines is 1. The second-order valence-corrected chi connectivity index (χ2v) is 7.06. The van der Waals surface area contributed by atoms with Gasteiger partial charge in [0.1, 0.15) is 0 Å². The molecule has 1 unspecified atom stereocenters. The van der Waals surface area contributed by atoms with E-state index in [1.54, 1.807) is 11.6 Å². The summed E-state index contributed by atoms with van der Waals surface area (Å²) < 4.78 is 12.7. The molecular weight excluding hydrogens is 280 g/mol. The summed E-state index contributed by atoms with van der Waals surface area (Å²) in [7, 11) is 1.75. The molecular formula is C17H20N2O3. The molecule has 3 aliphatic rings. The third-order valence-corrected chi connectivity index (χ3v) is 6.15. The fourth-order valence-corrected chi connectivity index (χ4v) is 4.85. The summed E-state index contributed by atoms with van der Waals surface area (Å²) >= 11 is 0. The van der Waals surface area contributed by atoms with Crippen LogP contribution in [0.5, 0.6) is 0 Å². The van der Waals surface area contributed by atoms with Gasteiger partial charge in [0.2, 0.25) is 0 Å². The third kappa shape index (κ3) is 1.45. The maximum atomic E-state index is 11.6. The summed E-state index contributed by atoms with van der Waals surface area (Å²) in [4.78, 5) is 11.6. The van der Waals surface area contributed by atoms with E-state index in [0.29, 0.717) is 29.1 Å². The van der Waals surface area contributed by atoms with E-state index in [-0.39, 0.29) is 5.76 Å². The number of rotatable bonds is 2. The van der Waals surface area contributed by atoms with E-state index in [4.69, 9.17) is 9.15 Å². The molecule has 3 fully saturated rings. The first-order chi connectivity index (χ1) is 10.7. The topological polar surface area (TPSA) is 56.4 Å². The molecule has 116 valence electrons. The van der Waals surface area contributed by atoms with Crippen molar-refractivity contribution in [3.05, 3.63) is 28.7 Å². The Balaban J connectivity index is 1.48. The first-order valence-electron chi connectivity index (χ1n) is 8.17. The normalized spacial score (nSPS) is 31.8. The van der Waals surface area contributed by atoms with E-state index in [0.717, 1.165) is 24.2 Å². The molecule has 2 aliphatic carbocycles. The molecule has 1 saturated heterocycles. The van der Waals surface area contributed by atoms with E-state index in [9.17, 15) is 4.79 Å². The second-order valence-electron chi connectivity index (χ2n) is 7.06. The van der Waals surface area contributed by atoms with Crippen molar-refractivity contribution in [1.29, 1.82) is 0 Å². The van der Waals surface area contributed by atoms with Gasteiger partial charge in [0.15, 0.2) is 5.58 Å². The summed E-state index contributed by atoms with van der Waals surface area (Å²) in [6, 6.07) is 6.43. The van der Waals surface area contributed by atoms with Crippen LogP contribution >= 0.6 is 0 Å². The van der Waals surface area contributed by atoms with Gasteiger partial charge in [-0.15, -0.1) is 0 Å². The van der Waals surface area contributed by atoms with E-state index in [2.05, 4.69) is 5.32 Å². The summed E-state index contributed by atoms with van der Waals surface area (Å²) in [6.07, 6.45) is 5.51. The Morgan fingerprint density at radius 3 is 3.00 bits per heavy atom. The molecule has 3 atom stereocenters. The van der Waals surface area contributed by atoms with Crippen LogP contribution in [0.3, 0.4) is 0 Å². The van der Waals surface area contributed by atoms with Crippen molar-refractivity contribution in [3.63, 3.8) is 0 Å². The van der Waals surface area contributed by atoms with Crippen molar-refractivity contribution in [2.75, 3.05) is 11.9 Å². The van der Waals surface area contributed by atoms with Crippen molar-refractivity contribution >= 4 is 16.8 Å². The van der Waals surface area contributed by atoms with Crippen LogP contribution in [-0.2, 0) is 11.8 Å². The lowest BCUT2D eigenvalue weighted by atomic mass is 9.46. The molecule has 0 radical (unpaired) electrons. The smallest absolute Gasteiger partial charge is 0.408 e. The molecule has 0 amide bonds. The number of nitrogens with one attached hydrogen (secondary N) is 1. The van der Waals surface area contributed by atoms with Crippen LogP contribution in [0, 0.1) is 11.3 Å². The van der Waals surface area contributed by atoms with E-state index in [1.807, 2.05) is 18.2 Å². The molecule has 1 N–H and O–H groups in total. The molecule has 1 aromatic carbocycles. The van der Waals surface area contributed by atoms with Crippen LogP contribution < -0.4 is 11.1 Å². The monoisotopic (exact) mass is 300 g/mol. The summed E-state index contributed by atoms with van der Waals surface area (Å²) in [5, 5.41) is 3.73. The van der Waals surface area contributed by atoms with Crippen molar-refractivity contribution in [3.8, 4) is 0 Å². The Bertz CT molecular complexity index is 802. The Morgan fingerprint density at radius 1 is 1.36 bits per heavy atom. The van der Waals surface area contributed by atoms with Gasteiger partial charge in [-0.1, -0.05) is 6.42 Å². The molecule has 5 heteroatoms. The quantitative estimate of drug-likeness (QED) is 0.926. The zero-order valence-corrected chi connectivity index (χ0v) is 12.7. The molecule has 2 heterocycles. The van der Waals surface area contributed by atoms with Gasteiger partial charge in [-0.25, -0.2) is 4.79 Å². The molecule has 0 bridgehead atoms. The van der Waals surface area contributed by atoms with Gasteiger partial charge in [0.05, 0.1) is 11.6 Å². The Labute approximate surface area is 128 Å². The number of aromatic nitrogens is 1. The number of benzene rings is 1. The van der Waals surface area contributed by atoms with Crippen molar-refractivity contribution in [1.82, 2.24) is 4.57 Å². The maximum Gasteiger partial charge on any atom is 0.419 e. The largest absolute Gasteiger partial charge is 0.419 e. The number of aryl methyl sites for hydroxylation is 1. The minimum Gasteiger partial charge on any atom is -0.408 e. The fraction of sp³-hybridized carbons (Fsp3) is 0.588. The number of ether oxygens (including phenoxy) is 1. The van der Waals surface area contributed by atoms with Crippen molar-refractivity contribution in [2.45, 2.75) is 37.8 Å². The van der Waals surface area contributed by atoms with Gasteiger partial charge in [-0.05, 0) is 37.5 Å². The highest BCUT2D eigenvalue weighted by Crippen LogP contribution is 2.63. The first kappa shape index (κ1) is 12.8. The maximum absolute atomic E-state index is 11.6. The molecule has 2 saturated carbocycles. The van der Waals surface area contributed by atoms with E-state index >= 15 is 0 Å². The molecule has 1 aromatic heterocycles. The van der Waals surface area contributed by atoms with Gasteiger partial charge in [0, 0.05) is 36.7 Å². The van der Waals surface area contributed by atoms with Crippen LogP contribution in [0.15, 0.2) is 27.4 Å². The average Bonchev–Trinajstić information content (AvgIpc) is 2.99. The zero-order chi connectivity index (χ0) is 14.9. The number of oxazole rings is 1. The highest BCUT2D eigenvalue weighted by atomic mass is 16.5. The van der Waals surface area contributed by atoms with Crippen LogP contribution in [0.4, 0.5) is 5.69 Å². The molecule has 1 aliphatic heterocycles. The molecule has 22 heavy (non-hydrogen) atoms. The standard InChI is InChI=1S/C17H20N2O3/c1-19-12-9-10(3-4-13(12)22-16(19)20)18-14-11-5-8-21-15(11)17(14)6-2-7-17/h3-4,9,11,14-15,18H,2,5-8H2,1H3/t11-,14?,15-/m0/s1. The Kier molecular flexibility index (Phi) is 2.41. The summed E-state index contributed by atoms with van der Waals surface area (Å²) in [5.41, 5.74) is 2.92. The van der Waals surface area contributed by atoms with E-state index in [1.165, 1.54) is 19.3 Å². The highest BCUT2D eigenvalue weighted by molar-refractivity contribution is 5.77. The van der Waals surface area contributed by atoms with Crippen LogP contribution in [0.2, 0.25) is 0 Å².